The minimum Gasteiger partial charge on any atom is -0.444 e. The number of hydrogen-bond donors (Lipinski definition) is 2. The van der Waals surface area contributed by atoms with E-state index in [2.05, 4.69) is 41.5 Å². The Labute approximate surface area is 200 Å². The second kappa shape index (κ2) is 9.58. The van der Waals surface area contributed by atoms with Crippen LogP contribution >= 0.6 is 15.9 Å². The lowest BCUT2D eigenvalue weighted by molar-refractivity contribution is 0.0634. The largest absolute Gasteiger partial charge is 0.444 e. The van der Waals surface area contributed by atoms with Gasteiger partial charge >= 0.3 is 6.09 Å². The van der Waals surface area contributed by atoms with Crippen LogP contribution in [0.15, 0.2) is 65.4 Å². The molecule has 33 heavy (non-hydrogen) atoms. The van der Waals surface area contributed by atoms with Crippen LogP contribution in [0.4, 0.5) is 16.6 Å². The third-order valence-electron chi connectivity index (χ3n) is 4.65. The Morgan fingerprint density at radius 3 is 2.24 bits per heavy atom. The second-order valence-electron chi connectivity index (χ2n) is 8.49. The molecule has 0 saturated carbocycles. The lowest BCUT2D eigenvalue weighted by Gasteiger charge is -2.19. The number of halogens is 1. The Morgan fingerprint density at radius 1 is 0.970 bits per heavy atom. The zero-order valence-electron chi connectivity index (χ0n) is 18.7. The zero-order valence-corrected chi connectivity index (χ0v) is 20.3. The van der Waals surface area contributed by atoms with Gasteiger partial charge in [0.1, 0.15) is 5.60 Å². The molecule has 0 aliphatic heterocycles. The maximum atomic E-state index is 12.4. The van der Waals surface area contributed by atoms with Crippen LogP contribution in [0.5, 0.6) is 0 Å². The highest BCUT2D eigenvalue weighted by molar-refractivity contribution is 9.10. The van der Waals surface area contributed by atoms with Crippen molar-refractivity contribution < 1.29 is 9.53 Å². The lowest BCUT2D eigenvalue weighted by atomic mass is 10.2. The van der Waals surface area contributed by atoms with Gasteiger partial charge < -0.3 is 10.1 Å². The number of fused-ring (bicyclic) bond motifs is 1. The standard InChI is InChI=1S/C24H25BrN6O2/c1-24(2,3)33-23(32)30-22-28-19(26-14-16-10-6-4-7-11-16)18-20(29-22)31(21(25)27-18)15-17-12-8-5-9-13-17/h4-13H,14-15H2,1-3H3,(H2,26,28,29,30,32). The van der Waals surface area contributed by atoms with E-state index in [1.807, 2.05) is 65.2 Å². The molecule has 2 aromatic heterocycles. The molecule has 0 aliphatic carbocycles. The van der Waals surface area contributed by atoms with E-state index in [1.165, 1.54) is 0 Å². The quantitative estimate of drug-likeness (QED) is 0.329. The highest BCUT2D eigenvalue weighted by Gasteiger charge is 2.21. The van der Waals surface area contributed by atoms with Gasteiger partial charge in [-0.2, -0.15) is 9.97 Å². The van der Waals surface area contributed by atoms with Crippen molar-refractivity contribution in [1.82, 2.24) is 19.5 Å². The number of ether oxygens (including phenoxy) is 1. The molecular weight excluding hydrogens is 484 g/mol. The van der Waals surface area contributed by atoms with E-state index in [1.54, 1.807) is 20.8 Å². The highest BCUT2D eigenvalue weighted by atomic mass is 79.9. The number of benzene rings is 2. The van der Waals surface area contributed by atoms with Gasteiger partial charge in [0, 0.05) is 6.54 Å². The first-order valence-electron chi connectivity index (χ1n) is 10.5. The van der Waals surface area contributed by atoms with Crippen molar-refractivity contribution in [2.45, 2.75) is 39.5 Å². The van der Waals surface area contributed by atoms with Crippen molar-refractivity contribution in [2.24, 2.45) is 0 Å². The normalized spacial score (nSPS) is 11.4. The molecule has 2 N–H and O–H groups in total. The summed E-state index contributed by atoms with van der Waals surface area (Å²) in [4.78, 5) is 26.1. The maximum Gasteiger partial charge on any atom is 0.414 e. The van der Waals surface area contributed by atoms with E-state index in [0.717, 1.165) is 11.1 Å². The Bertz CT molecular complexity index is 1250. The van der Waals surface area contributed by atoms with Crippen molar-refractivity contribution in [3.63, 3.8) is 0 Å². The molecule has 9 heteroatoms. The van der Waals surface area contributed by atoms with Crippen LogP contribution in [0.3, 0.4) is 0 Å². The number of anilines is 2. The van der Waals surface area contributed by atoms with E-state index in [-0.39, 0.29) is 5.95 Å². The molecule has 0 atom stereocenters. The number of nitrogens with zero attached hydrogens (tertiary/aromatic N) is 4. The summed E-state index contributed by atoms with van der Waals surface area (Å²) in [5.74, 6) is 0.649. The molecule has 2 aromatic carbocycles. The topological polar surface area (TPSA) is 94.0 Å². The van der Waals surface area contributed by atoms with Crippen molar-refractivity contribution in [1.29, 1.82) is 0 Å². The van der Waals surface area contributed by atoms with Gasteiger partial charge in [0.2, 0.25) is 5.95 Å². The molecule has 8 nitrogen and oxygen atoms in total. The highest BCUT2D eigenvalue weighted by Crippen LogP contribution is 2.27. The van der Waals surface area contributed by atoms with Gasteiger partial charge in [0.25, 0.3) is 0 Å². The minimum absolute atomic E-state index is 0.133. The lowest BCUT2D eigenvalue weighted by Crippen LogP contribution is -2.28. The Kier molecular flexibility index (Phi) is 6.60. The Balaban J connectivity index is 1.71. The molecular formula is C24H25BrN6O2. The molecule has 0 fully saturated rings. The van der Waals surface area contributed by atoms with Crippen molar-refractivity contribution in [3.05, 3.63) is 76.5 Å². The van der Waals surface area contributed by atoms with Crippen LogP contribution in [0.25, 0.3) is 11.2 Å². The van der Waals surface area contributed by atoms with Crippen LogP contribution in [0.2, 0.25) is 0 Å². The van der Waals surface area contributed by atoms with Crippen LogP contribution < -0.4 is 10.6 Å². The second-order valence-corrected chi connectivity index (χ2v) is 9.20. The van der Waals surface area contributed by atoms with Crippen LogP contribution in [-0.2, 0) is 17.8 Å². The summed E-state index contributed by atoms with van der Waals surface area (Å²) in [6, 6.07) is 20.0. The number of hydrogen-bond acceptors (Lipinski definition) is 6. The molecule has 4 rings (SSSR count). The molecule has 0 spiro atoms. The average Bonchev–Trinajstić information content (AvgIpc) is 3.07. The van der Waals surface area contributed by atoms with E-state index in [0.29, 0.717) is 34.8 Å². The first-order valence-corrected chi connectivity index (χ1v) is 11.3. The fourth-order valence-electron chi connectivity index (χ4n) is 3.24. The SMILES string of the molecule is CC(C)(C)OC(=O)Nc1nc(NCc2ccccc2)c2nc(Br)n(Cc3ccccc3)c2n1. The predicted molar refractivity (Wildman–Crippen MR) is 132 cm³/mol. The number of carbonyl (C=O) groups excluding carboxylic acids is 1. The monoisotopic (exact) mass is 508 g/mol. The van der Waals surface area contributed by atoms with Gasteiger partial charge in [-0.05, 0) is 47.8 Å². The molecule has 170 valence electrons. The Hall–Kier alpha value is -3.46. The van der Waals surface area contributed by atoms with Gasteiger partial charge in [0.05, 0.1) is 6.54 Å². The maximum absolute atomic E-state index is 12.4. The molecule has 0 aliphatic rings. The Morgan fingerprint density at radius 2 is 1.61 bits per heavy atom. The van der Waals surface area contributed by atoms with Crippen molar-refractivity contribution >= 4 is 45.0 Å². The van der Waals surface area contributed by atoms with E-state index < -0.39 is 11.7 Å². The summed E-state index contributed by atoms with van der Waals surface area (Å²) in [5.41, 5.74) is 2.73. The summed E-state index contributed by atoms with van der Waals surface area (Å²) < 4.78 is 7.92. The number of rotatable bonds is 6. The first kappa shape index (κ1) is 22.7. The number of nitrogens with one attached hydrogen (secondary N) is 2. The smallest absolute Gasteiger partial charge is 0.414 e. The van der Waals surface area contributed by atoms with E-state index in [9.17, 15) is 4.79 Å². The minimum atomic E-state index is -0.638. The van der Waals surface area contributed by atoms with Crippen LogP contribution in [0.1, 0.15) is 31.9 Å². The number of amides is 1. The zero-order chi connectivity index (χ0) is 23.4. The first-order chi connectivity index (χ1) is 15.8. The fourth-order valence-corrected chi connectivity index (χ4v) is 3.71. The predicted octanol–water partition coefficient (Wildman–Crippen LogP) is 5.60. The third kappa shape index (κ3) is 5.87. The molecule has 4 aromatic rings. The number of aromatic nitrogens is 4. The summed E-state index contributed by atoms with van der Waals surface area (Å²) in [7, 11) is 0. The van der Waals surface area contributed by atoms with E-state index >= 15 is 0 Å². The molecule has 0 unspecified atom stereocenters. The van der Waals surface area contributed by atoms with Crippen LogP contribution in [-0.4, -0.2) is 31.2 Å². The summed E-state index contributed by atoms with van der Waals surface area (Å²) >= 11 is 3.56. The summed E-state index contributed by atoms with van der Waals surface area (Å²) in [6.07, 6.45) is -0.621. The molecule has 0 radical (unpaired) electrons. The van der Waals surface area contributed by atoms with E-state index in [4.69, 9.17) is 4.74 Å². The molecule has 0 saturated heterocycles. The van der Waals surface area contributed by atoms with Gasteiger partial charge in [0.15, 0.2) is 21.7 Å². The molecule has 1 amide bonds. The summed E-state index contributed by atoms with van der Waals surface area (Å²) in [6.45, 7) is 6.50. The molecule has 2 heterocycles. The number of imidazole rings is 1. The molecule has 0 bridgehead atoms. The average molecular weight is 509 g/mol. The van der Waals surface area contributed by atoms with Gasteiger partial charge in [-0.1, -0.05) is 60.7 Å². The third-order valence-corrected chi connectivity index (χ3v) is 5.25. The number of carbonyl (C=O) groups is 1. The fraction of sp³-hybridized carbons (Fsp3) is 0.250. The summed E-state index contributed by atoms with van der Waals surface area (Å²) in [5, 5.41) is 5.98. The van der Waals surface area contributed by atoms with Crippen molar-refractivity contribution in [3.8, 4) is 0 Å². The van der Waals surface area contributed by atoms with Gasteiger partial charge in [-0.25, -0.2) is 9.78 Å². The van der Waals surface area contributed by atoms with Gasteiger partial charge in [-0.15, -0.1) is 0 Å². The van der Waals surface area contributed by atoms with Gasteiger partial charge in [-0.3, -0.25) is 9.88 Å². The van der Waals surface area contributed by atoms with Crippen molar-refractivity contribution in [2.75, 3.05) is 10.6 Å². The van der Waals surface area contributed by atoms with Crippen LogP contribution in [0, 0.1) is 0 Å².